The van der Waals surface area contributed by atoms with E-state index in [0.717, 1.165) is 37.0 Å². The van der Waals surface area contributed by atoms with Gasteiger partial charge in [-0.15, -0.1) is 0 Å². The third-order valence-electron chi connectivity index (χ3n) is 4.49. The van der Waals surface area contributed by atoms with E-state index in [-0.39, 0.29) is 17.2 Å². The fourth-order valence-corrected chi connectivity index (χ4v) is 3.05. The van der Waals surface area contributed by atoms with Crippen molar-refractivity contribution in [2.45, 2.75) is 52.0 Å². The molecule has 1 N–H and O–H groups in total. The summed E-state index contributed by atoms with van der Waals surface area (Å²) in [5, 5.41) is 13.9. The summed E-state index contributed by atoms with van der Waals surface area (Å²) in [6, 6.07) is 3.87. The second kappa shape index (κ2) is 8.55. The van der Waals surface area contributed by atoms with Gasteiger partial charge in [0.05, 0.1) is 10.5 Å². The lowest BCUT2D eigenvalue weighted by Crippen LogP contribution is -2.44. The van der Waals surface area contributed by atoms with Crippen LogP contribution >= 0.6 is 0 Å². The summed E-state index contributed by atoms with van der Waals surface area (Å²) >= 11 is 0. The van der Waals surface area contributed by atoms with Gasteiger partial charge >= 0.3 is 0 Å². The maximum Gasteiger partial charge on any atom is 0.282 e. The molecule has 1 aromatic carbocycles. The molecule has 1 aliphatic rings. The molecule has 0 fully saturated rings. The smallest absolute Gasteiger partial charge is 0.282 e. The lowest BCUT2D eigenvalue weighted by atomic mass is 10.1. The number of nitro groups is 1. The van der Waals surface area contributed by atoms with Gasteiger partial charge in [-0.1, -0.05) is 39.2 Å². The van der Waals surface area contributed by atoms with Gasteiger partial charge in [-0.25, -0.2) is 0 Å². The van der Waals surface area contributed by atoms with E-state index in [9.17, 15) is 24.5 Å². The number of imide groups is 1. The fraction of sp³-hybridized carbons (Fsp3) is 0.500. The minimum absolute atomic E-state index is 0.0152. The Morgan fingerprint density at radius 2 is 1.96 bits per heavy atom. The van der Waals surface area contributed by atoms with Crippen molar-refractivity contribution < 1.29 is 19.3 Å². The van der Waals surface area contributed by atoms with Gasteiger partial charge in [-0.3, -0.25) is 29.4 Å². The van der Waals surface area contributed by atoms with Gasteiger partial charge in [0.25, 0.3) is 17.5 Å². The SMILES string of the molecule is CCCCCC(CC)NC(=O)CN1C(=O)c2cccc([N+](=O)[O-])c2C1=O. The van der Waals surface area contributed by atoms with Crippen molar-refractivity contribution in [3.8, 4) is 0 Å². The van der Waals surface area contributed by atoms with Crippen LogP contribution in [0, 0.1) is 10.1 Å². The number of amides is 3. The van der Waals surface area contributed by atoms with Gasteiger partial charge in [-0.05, 0) is 18.9 Å². The number of carbonyl (C=O) groups excluding carboxylic acids is 3. The molecule has 1 aliphatic heterocycles. The number of benzene rings is 1. The second-order valence-corrected chi connectivity index (χ2v) is 6.32. The summed E-state index contributed by atoms with van der Waals surface area (Å²) in [4.78, 5) is 48.3. The van der Waals surface area contributed by atoms with Crippen LogP contribution in [0.3, 0.4) is 0 Å². The van der Waals surface area contributed by atoms with E-state index in [1.165, 1.54) is 18.2 Å². The lowest BCUT2D eigenvalue weighted by Gasteiger charge is -2.19. The minimum atomic E-state index is -0.800. The van der Waals surface area contributed by atoms with Gasteiger partial charge in [0.15, 0.2) is 0 Å². The van der Waals surface area contributed by atoms with Crippen molar-refractivity contribution in [1.82, 2.24) is 10.2 Å². The van der Waals surface area contributed by atoms with Crippen molar-refractivity contribution >= 4 is 23.4 Å². The first-order chi connectivity index (χ1) is 12.4. The maximum absolute atomic E-state index is 12.5. The van der Waals surface area contributed by atoms with E-state index >= 15 is 0 Å². The summed E-state index contributed by atoms with van der Waals surface area (Å²) in [6.45, 7) is 3.62. The van der Waals surface area contributed by atoms with Crippen LogP contribution < -0.4 is 5.32 Å². The number of nitro benzene ring substituents is 1. The summed E-state index contributed by atoms with van der Waals surface area (Å²) in [5.41, 5.74) is -0.702. The topological polar surface area (TPSA) is 110 Å². The maximum atomic E-state index is 12.5. The first-order valence-electron chi connectivity index (χ1n) is 8.83. The molecule has 0 aromatic heterocycles. The molecule has 1 aromatic rings. The first kappa shape index (κ1) is 19.6. The second-order valence-electron chi connectivity index (χ2n) is 6.32. The minimum Gasteiger partial charge on any atom is -0.352 e. The van der Waals surface area contributed by atoms with Crippen molar-refractivity contribution in [3.05, 3.63) is 39.4 Å². The quantitative estimate of drug-likeness (QED) is 0.315. The van der Waals surface area contributed by atoms with Crippen molar-refractivity contribution in [3.63, 3.8) is 0 Å². The normalized spacial score (nSPS) is 14.3. The summed E-state index contributed by atoms with van der Waals surface area (Å²) in [7, 11) is 0. The van der Waals surface area contributed by atoms with Crippen LogP contribution in [-0.4, -0.2) is 40.1 Å². The number of unbranched alkanes of at least 4 members (excludes halogenated alkanes) is 2. The van der Waals surface area contributed by atoms with Crippen LogP contribution in [-0.2, 0) is 4.79 Å². The molecule has 1 heterocycles. The zero-order valence-corrected chi connectivity index (χ0v) is 15.0. The fourth-order valence-electron chi connectivity index (χ4n) is 3.05. The van der Waals surface area contributed by atoms with Crippen LogP contribution in [0.1, 0.15) is 66.7 Å². The monoisotopic (exact) mass is 361 g/mol. The predicted octanol–water partition coefficient (Wildman–Crippen LogP) is 2.67. The Kier molecular flexibility index (Phi) is 6.43. The average molecular weight is 361 g/mol. The lowest BCUT2D eigenvalue weighted by molar-refractivity contribution is -0.385. The van der Waals surface area contributed by atoms with Crippen molar-refractivity contribution in [2.75, 3.05) is 6.54 Å². The summed E-state index contributed by atoms with van der Waals surface area (Å²) in [6.07, 6.45) is 4.74. The van der Waals surface area contributed by atoms with Crippen molar-refractivity contribution in [1.29, 1.82) is 0 Å². The molecule has 0 spiro atoms. The molecule has 0 saturated carbocycles. The number of nitrogens with one attached hydrogen (secondary N) is 1. The molecule has 0 bridgehead atoms. The highest BCUT2D eigenvalue weighted by molar-refractivity contribution is 6.24. The Bertz CT molecular complexity index is 732. The third kappa shape index (κ3) is 4.07. The predicted molar refractivity (Wildman–Crippen MR) is 94.8 cm³/mol. The van der Waals surface area contributed by atoms with E-state index < -0.39 is 34.9 Å². The molecule has 1 unspecified atom stereocenters. The Morgan fingerprint density at radius 1 is 1.23 bits per heavy atom. The first-order valence-corrected chi connectivity index (χ1v) is 8.83. The number of nitrogens with zero attached hydrogens (tertiary/aromatic N) is 2. The standard InChI is InChI=1S/C18H23N3O5/c1-3-5-6-8-12(4-2)19-15(22)11-20-17(23)13-9-7-10-14(21(25)26)16(13)18(20)24/h7,9-10,12H,3-6,8,11H2,1-2H3,(H,19,22). The van der Waals surface area contributed by atoms with Gasteiger partial charge < -0.3 is 5.32 Å². The molecule has 0 aliphatic carbocycles. The van der Waals surface area contributed by atoms with Crippen molar-refractivity contribution in [2.24, 2.45) is 0 Å². The Labute approximate surface area is 151 Å². The molecule has 8 heteroatoms. The van der Waals surface area contributed by atoms with E-state index in [0.29, 0.717) is 0 Å². The Balaban J connectivity index is 2.07. The molecule has 3 amide bonds. The van der Waals surface area contributed by atoms with Gasteiger partial charge in [0, 0.05) is 12.1 Å². The Morgan fingerprint density at radius 3 is 2.58 bits per heavy atom. The van der Waals surface area contributed by atoms with Crippen LogP contribution in [0.5, 0.6) is 0 Å². The zero-order chi connectivity index (χ0) is 19.3. The summed E-state index contributed by atoms with van der Waals surface area (Å²) < 4.78 is 0. The third-order valence-corrected chi connectivity index (χ3v) is 4.49. The Hall–Kier alpha value is -2.77. The van der Waals surface area contributed by atoms with E-state index in [1.54, 1.807) is 0 Å². The molecule has 0 radical (unpaired) electrons. The molecule has 140 valence electrons. The van der Waals surface area contributed by atoms with Crippen LogP contribution in [0.15, 0.2) is 18.2 Å². The highest BCUT2D eigenvalue weighted by atomic mass is 16.6. The molecule has 2 rings (SSSR count). The number of rotatable bonds is 9. The molecule has 1 atom stereocenters. The molecule has 0 saturated heterocycles. The summed E-state index contributed by atoms with van der Waals surface area (Å²) in [5.74, 6) is -1.92. The van der Waals surface area contributed by atoms with E-state index in [1.807, 2.05) is 6.92 Å². The van der Waals surface area contributed by atoms with Gasteiger partial charge in [0.2, 0.25) is 5.91 Å². The van der Waals surface area contributed by atoms with E-state index in [4.69, 9.17) is 0 Å². The van der Waals surface area contributed by atoms with Crippen LogP contribution in [0.25, 0.3) is 0 Å². The average Bonchev–Trinajstić information content (AvgIpc) is 2.86. The van der Waals surface area contributed by atoms with Crippen LogP contribution in [0.4, 0.5) is 5.69 Å². The zero-order valence-electron chi connectivity index (χ0n) is 15.0. The van der Waals surface area contributed by atoms with Gasteiger partial charge in [-0.2, -0.15) is 0 Å². The van der Waals surface area contributed by atoms with E-state index in [2.05, 4.69) is 12.2 Å². The highest BCUT2D eigenvalue weighted by Gasteiger charge is 2.41. The molecular weight excluding hydrogens is 338 g/mol. The number of hydrogen-bond acceptors (Lipinski definition) is 5. The number of carbonyl (C=O) groups is 3. The number of hydrogen-bond donors (Lipinski definition) is 1. The van der Waals surface area contributed by atoms with Gasteiger partial charge in [0.1, 0.15) is 12.1 Å². The molecule has 26 heavy (non-hydrogen) atoms. The largest absolute Gasteiger partial charge is 0.352 e. The van der Waals surface area contributed by atoms with Crippen LogP contribution in [0.2, 0.25) is 0 Å². The highest BCUT2D eigenvalue weighted by Crippen LogP contribution is 2.30. The molecule has 8 nitrogen and oxygen atoms in total. The molecular formula is C18H23N3O5. The number of fused-ring (bicyclic) bond motifs is 1.